The van der Waals surface area contributed by atoms with E-state index in [9.17, 15) is 4.79 Å². The van der Waals surface area contributed by atoms with Crippen LogP contribution in [0.5, 0.6) is 0 Å². The number of carbonyl (C=O) groups excluding carboxylic acids is 1. The van der Waals surface area contributed by atoms with Gasteiger partial charge in [0, 0.05) is 12.1 Å². The summed E-state index contributed by atoms with van der Waals surface area (Å²) in [6, 6.07) is 5.54. The van der Waals surface area contributed by atoms with E-state index in [0.29, 0.717) is 5.69 Å². The topological polar surface area (TPSA) is 54.0 Å². The lowest BCUT2D eigenvalue weighted by Gasteiger charge is -2.41. The van der Waals surface area contributed by atoms with Crippen LogP contribution < -0.4 is 10.6 Å². The molecule has 104 valence electrons. The number of aromatic nitrogens is 1. The first-order valence-corrected chi connectivity index (χ1v) is 7.22. The Kier molecular flexibility index (Phi) is 4.40. The fourth-order valence-corrected chi connectivity index (χ4v) is 2.39. The number of nitrogens with zero attached hydrogens (tertiary/aromatic N) is 1. The number of carbonyl (C=O) groups is 1. The van der Waals surface area contributed by atoms with Gasteiger partial charge in [-0.2, -0.15) is 0 Å². The Balaban J connectivity index is 2.02. The molecular weight excluding hydrogens is 238 g/mol. The Bertz CT molecular complexity index is 435. The fraction of sp³-hybridized carbons (Fsp3) is 0.600. The highest BCUT2D eigenvalue weighted by Crippen LogP contribution is 2.34. The highest BCUT2D eigenvalue weighted by molar-refractivity contribution is 5.93. The van der Waals surface area contributed by atoms with E-state index in [4.69, 9.17) is 0 Å². The predicted octanol–water partition coefficient (Wildman–Crippen LogP) is 2.97. The highest BCUT2D eigenvalue weighted by Gasteiger charge is 2.36. The van der Waals surface area contributed by atoms with Crippen molar-refractivity contribution in [1.82, 2.24) is 10.3 Å². The van der Waals surface area contributed by atoms with Crippen LogP contribution in [0.4, 0.5) is 5.82 Å². The van der Waals surface area contributed by atoms with Crippen LogP contribution in [0.1, 0.15) is 56.4 Å². The van der Waals surface area contributed by atoms with Crippen molar-refractivity contribution < 1.29 is 4.79 Å². The third-order valence-corrected chi connectivity index (χ3v) is 3.90. The van der Waals surface area contributed by atoms with Gasteiger partial charge in [0.05, 0.1) is 0 Å². The number of hydrogen-bond acceptors (Lipinski definition) is 3. The molecule has 1 aliphatic rings. The van der Waals surface area contributed by atoms with Crippen molar-refractivity contribution in [2.24, 2.45) is 0 Å². The number of pyridine rings is 1. The summed E-state index contributed by atoms with van der Waals surface area (Å²) in [7, 11) is 0. The number of anilines is 1. The van der Waals surface area contributed by atoms with Crippen molar-refractivity contribution in [3.63, 3.8) is 0 Å². The summed E-state index contributed by atoms with van der Waals surface area (Å²) < 4.78 is 0. The summed E-state index contributed by atoms with van der Waals surface area (Å²) in [6.45, 7) is 5.11. The maximum Gasteiger partial charge on any atom is 0.270 e. The smallest absolute Gasteiger partial charge is 0.270 e. The van der Waals surface area contributed by atoms with Gasteiger partial charge in [0.2, 0.25) is 0 Å². The van der Waals surface area contributed by atoms with Crippen molar-refractivity contribution in [2.75, 3.05) is 11.9 Å². The fourth-order valence-electron chi connectivity index (χ4n) is 2.39. The molecule has 1 aliphatic carbocycles. The third kappa shape index (κ3) is 3.25. The minimum absolute atomic E-state index is 0.0195. The van der Waals surface area contributed by atoms with Crippen LogP contribution in [0.3, 0.4) is 0 Å². The molecule has 1 aromatic rings. The zero-order valence-corrected chi connectivity index (χ0v) is 11.8. The molecule has 0 aliphatic heterocycles. The van der Waals surface area contributed by atoms with E-state index in [1.165, 1.54) is 6.42 Å². The van der Waals surface area contributed by atoms with E-state index in [-0.39, 0.29) is 11.4 Å². The first-order valence-electron chi connectivity index (χ1n) is 7.22. The molecule has 4 nitrogen and oxygen atoms in total. The lowest BCUT2D eigenvalue weighted by molar-refractivity contribution is 0.0815. The molecule has 1 amide bonds. The number of nitrogens with one attached hydrogen (secondary N) is 2. The van der Waals surface area contributed by atoms with Gasteiger partial charge in [0.15, 0.2) is 0 Å². The lowest BCUT2D eigenvalue weighted by Crippen LogP contribution is -2.53. The number of rotatable bonds is 6. The van der Waals surface area contributed by atoms with Crippen molar-refractivity contribution in [2.45, 2.75) is 51.5 Å². The molecule has 4 heteroatoms. The molecule has 1 fully saturated rings. The first kappa shape index (κ1) is 13.8. The second kappa shape index (κ2) is 6.04. The molecule has 2 N–H and O–H groups in total. The maximum atomic E-state index is 12.2. The molecule has 1 heterocycles. The molecule has 0 bridgehead atoms. The molecule has 19 heavy (non-hydrogen) atoms. The molecule has 0 aromatic carbocycles. The van der Waals surface area contributed by atoms with E-state index in [0.717, 1.165) is 38.0 Å². The zero-order chi connectivity index (χ0) is 13.7. The highest BCUT2D eigenvalue weighted by atomic mass is 16.2. The van der Waals surface area contributed by atoms with Crippen LogP contribution in [0, 0.1) is 0 Å². The van der Waals surface area contributed by atoms with Crippen LogP contribution in [-0.2, 0) is 0 Å². The molecule has 1 saturated carbocycles. The van der Waals surface area contributed by atoms with Gasteiger partial charge in [-0.1, -0.05) is 19.9 Å². The monoisotopic (exact) mass is 261 g/mol. The lowest BCUT2D eigenvalue weighted by atomic mass is 9.75. The number of amides is 1. The molecule has 0 atom stereocenters. The summed E-state index contributed by atoms with van der Waals surface area (Å²) in [5.74, 6) is 0.718. The summed E-state index contributed by atoms with van der Waals surface area (Å²) in [5.41, 5.74) is 0.520. The summed E-state index contributed by atoms with van der Waals surface area (Å²) >= 11 is 0. The van der Waals surface area contributed by atoms with Crippen LogP contribution in [0.15, 0.2) is 18.2 Å². The van der Waals surface area contributed by atoms with Gasteiger partial charge in [-0.05, 0) is 44.2 Å². The Morgan fingerprint density at radius 1 is 1.37 bits per heavy atom. The second-order valence-corrected chi connectivity index (χ2v) is 5.28. The number of hydrogen-bond donors (Lipinski definition) is 2. The van der Waals surface area contributed by atoms with Gasteiger partial charge in [0.1, 0.15) is 11.5 Å². The van der Waals surface area contributed by atoms with Gasteiger partial charge in [-0.3, -0.25) is 4.79 Å². The average molecular weight is 261 g/mol. The second-order valence-electron chi connectivity index (χ2n) is 5.28. The first-order chi connectivity index (χ1) is 9.19. The Hall–Kier alpha value is -1.58. The molecule has 0 spiro atoms. The van der Waals surface area contributed by atoms with Gasteiger partial charge >= 0.3 is 0 Å². The van der Waals surface area contributed by atoms with E-state index in [1.807, 2.05) is 12.1 Å². The molecule has 0 radical (unpaired) electrons. The normalized spacial score (nSPS) is 16.5. The largest absolute Gasteiger partial charge is 0.370 e. The summed E-state index contributed by atoms with van der Waals surface area (Å²) in [5, 5.41) is 6.35. The Morgan fingerprint density at radius 2 is 2.16 bits per heavy atom. The van der Waals surface area contributed by atoms with Crippen LogP contribution >= 0.6 is 0 Å². The maximum absolute atomic E-state index is 12.2. The van der Waals surface area contributed by atoms with Gasteiger partial charge in [0.25, 0.3) is 5.91 Å². The quantitative estimate of drug-likeness (QED) is 0.827. The molecule has 1 aromatic heterocycles. The Morgan fingerprint density at radius 3 is 2.74 bits per heavy atom. The minimum Gasteiger partial charge on any atom is -0.370 e. The van der Waals surface area contributed by atoms with E-state index >= 15 is 0 Å². The average Bonchev–Trinajstić information content (AvgIpc) is 2.40. The standard InChI is InChI=1S/C15H23N3O/c1-3-11-16-13-8-5-7-12(17-13)14(19)18-15(4-2)9-6-10-15/h5,7-8H,3-4,6,9-11H2,1-2H3,(H,16,17)(H,18,19). The molecule has 0 unspecified atom stereocenters. The molecule has 0 saturated heterocycles. The minimum atomic E-state index is -0.0540. The van der Waals surface area contributed by atoms with Crippen LogP contribution in [0.25, 0.3) is 0 Å². The third-order valence-electron chi connectivity index (χ3n) is 3.90. The van der Waals surface area contributed by atoms with Crippen LogP contribution in [0.2, 0.25) is 0 Å². The van der Waals surface area contributed by atoms with Gasteiger partial charge in [-0.25, -0.2) is 4.98 Å². The molecular formula is C15H23N3O. The summed E-state index contributed by atoms with van der Waals surface area (Å²) in [6.07, 6.45) is 5.41. The summed E-state index contributed by atoms with van der Waals surface area (Å²) in [4.78, 5) is 16.6. The van der Waals surface area contributed by atoms with Crippen molar-refractivity contribution in [3.05, 3.63) is 23.9 Å². The van der Waals surface area contributed by atoms with Gasteiger partial charge < -0.3 is 10.6 Å². The van der Waals surface area contributed by atoms with Gasteiger partial charge in [-0.15, -0.1) is 0 Å². The SMILES string of the molecule is CCCNc1cccc(C(=O)NC2(CC)CCC2)n1. The van der Waals surface area contributed by atoms with Crippen molar-refractivity contribution >= 4 is 11.7 Å². The van der Waals surface area contributed by atoms with Crippen LogP contribution in [-0.4, -0.2) is 23.0 Å². The Labute approximate surface area is 115 Å². The predicted molar refractivity (Wildman–Crippen MR) is 77.4 cm³/mol. The van der Waals surface area contributed by atoms with Crippen molar-refractivity contribution in [3.8, 4) is 0 Å². The van der Waals surface area contributed by atoms with E-state index in [2.05, 4.69) is 29.5 Å². The van der Waals surface area contributed by atoms with E-state index in [1.54, 1.807) is 6.07 Å². The van der Waals surface area contributed by atoms with Crippen molar-refractivity contribution in [1.29, 1.82) is 0 Å². The molecule has 2 rings (SSSR count). The van der Waals surface area contributed by atoms with E-state index < -0.39 is 0 Å². The zero-order valence-electron chi connectivity index (χ0n) is 11.8.